The van der Waals surface area contributed by atoms with Crippen LogP contribution in [0.2, 0.25) is 0 Å². The first-order valence-electron chi connectivity index (χ1n) is 6.31. The molecule has 0 N–H and O–H groups in total. The van der Waals surface area contributed by atoms with Crippen molar-refractivity contribution < 1.29 is 4.79 Å². The molecule has 2 heterocycles. The lowest BCUT2D eigenvalue weighted by Gasteiger charge is -2.29. The molecule has 0 bridgehead atoms. The van der Waals surface area contributed by atoms with E-state index < -0.39 is 0 Å². The van der Waals surface area contributed by atoms with Gasteiger partial charge in [0.1, 0.15) is 0 Å². The van der Waals surface area contributed by atoms with Crippen molar-refractivity contribution in [1.82, 2.24) is 9.55 Å². The Hall–Kier alpha value is -1.42. The summed E-state index contributed by atoms with van der Waals surface area (Å²) in [5.74, 6) is 0.246. The molecular weight excluding hydrogens is 304 g/mol. The third kappa shape index (κ3) is 2.14. The van der Waals surface area contributed by atoms with Crippen LogP contribution < -0.4 is 0 Å². The fourth-order valence-corrected chi connectivity index (χ4v) is 3.18. The highest BCUT2D eigenvalue weighted by atomic mass is 79.9. The number of fused-ring (bicyclic) bond motifs is 1. The van der Waals surface area contributed by atoms with Gasteiger partial charge in [0.05, 0.1) is 10.2 Å². The lowest BCUT2D eigenvalue weighted by atomic mass is 9.76. The van der Waals surface area contributed by atoms with Gasteiger partial charge < -0.3 is 4.57 Å². The first-order chi connectivity index (χ1) is 8.98. The van der Waals surface area contributed by atoms with Gasteiger partial charge in [-0.2, -0.15) is 0 Å². The van der Waals surface area contributed by atoms with Crippen LogP contribution in [0.25, 0.3) is 5.69 Å². The summed E-state index contributed by atoms with van der Waals surface area (Å²) in [6.45, 7) is 4.29. The summed E-state index contributed by atoms with van der Waals surface area (Å²) >= 11 is 3.52. The minimum absolute atomic E-state index is 0.0275. The lowest BCUT2D eigenvalue weighted by molar-refractivity contribution is 0.0911. The average Bonchev–Trinajstić information content (AvgIpc) is 2.72. The second-order valence-electron chi connectivity index (χ2n) is 5.81. The molecule has 3 rings (SSSR count). The molecule has 19 heavy (non-hydrogen) atoms. The SMILES string of the molecule is CC1(C)CC(=O)c2ccn(-c3ccncc3Br)c2C1. The molecule has 1 aliphatic carbocycles. The first-order valence-corrected chi connectivity index (χ1v) is 7.10. The van der Waals surface area contributed by atoms with Gasteiger partial charge in [-0.25, -0.2) is 0 Å². The Balaban J connectivity index is 2.17. The zero-order valence-electron chi connectivity index (χ0n) is 11.0. The number of halogens is 1. The molecule has 0 aromatic carbocycles. The summed E-state index contributed by atoms with van der Waals surface area (Å²) in [7, 11) is 0. The standard InChI is InChI=1S/C15H15BrN2O/c1-15(2)7-13-10(14(19)8-15)4-6-18(13)12-3-5-17-9-11(12)16/h3-6,9H,7-8H2,1-2H3. The van der Waals surface area contributed by atoms with E-state index in [9.17, 15) is 4.79 Å². The number of nitrogens with zero attached hydrogens (tertiary/aromatic N) is 2. The smallest absolute Gasteiger partial charge is 0.165 e. The number of Topliss-reactive ketones (excluding diaryl/α,β-unsaturated/α-hetero) is 1. The van der Waals surface area contributed by atoms with Crippen molar-refractivity contribution >= 4 is 21.7 Å². The molecule has 4 heteroatoms. The Morgan fingerprint density at radius 2 is 2.11 bits per heavy atom. The molecule has 0 radical (unpaired) electrons. The Kier molecular flexibility index (Phi) is 2.86. The molecule has 3 nitrogen and oxygen atoms in total. The van der Waals surface area contributed by atoms with E-state index in [4.69, 9.17) is 0 Å². The minimum atomic E-state index is 0.0275. The summed E-state index contributed by atoms with van der Waals surface area (Å²) in [6.07, 6.45) is 7.06. The summed E-state index contributed by atoms with van der Waals surface area (Å²) in [5, 5.41) is 0. The Morgan fingerprint density at radius 1 is 1.32 bits per heavy atom. The van der Waals surface area contributed by atoms with Crippen molar-refractivity contribution in [1.29, 1.82) is 0 Å². The van der Waals surface area contributed by atoms with E-state index >= 15 is 0 Å². The maximum atomic E-state index is 12.2. The van der Waals surface area contributed by atoms with Crippen LogP contribution in [0.4, 0.5) is 0 Å². The van der Waals surface area contributed by atoms with Crippen LogP contribution in [-0.4, -0.2) is 15.3 Å². The molecule has 0 aliphatic heterocycles. The molecule has 2 aromatic heterocycles. The van der Waals surface area contributed by atoms with Crippen LogP contribution in [0, 0.1) is 5.41 Å². The highest BCUT2D eigenvalue weighted by molar-refractivity contribution is 9.10. The summed E-state index contributed by atoms with van der Waals surface area (Å²) in [5.41, 5.74) is 3.03. The minimum Gasteiger partial charge on any atom is -0.319 e. The summed E-state index contributed by atoms with van der Waals surface area (Å²) in [4.78, 5) is 16.3. The number of rotatable bonds is 1. The lowest BCUT2D eigenvalue weighted by Crippen LogP contribution is -2.27. The zero-order valence-corrected chi connectivity index (χ0v) is 12.6. The summed E-state index contributed by atoms with van der Waals surface area (Å²) in [6, 6.07) is 3.89. The molecule has 0 amide bonds. The Bertz CT molecular complexity index is 658. The van der Waals surface area contributed by atoms with Gasteiger partial charge in [-0.05, 0) is 39.9 Å². The number of hydrogen-bond donors (Lipinski definition) is 0. The third-order valence-electron chi connectivity index (χ3n) is 3.59. The van der Waals surface area contributed by atoms with Crippen LogP contribution in [0.3, 0.4) is 0 Å². The molecule has 98 valence electrons. The average molecular weight is 319 g/mol. The van der Waals surface area contributed by atoms with Gasteiger partial charge in [0.15, 0.2) is 5.78 Å². The fraction of sp³-hybridized carbons (Fsp3) is 0.333. The molecule has 0 saturated heterocycles. The number of aromatic nitrogens is 2. The molecular formula is C15H15BrN2O. The predicted molar refractivity (Wildman–Crippen MR) is 77.7 cm³/mol. The second-order valence-corrected chi connectivity index (χ2v) is 6.67. The van der Waals surface area contributed by atoms with Crippen molar-refractivity contribution in [3.8, 4) is 5.69 Å². The fourth-order valence-electron chi connectivity index (χ4n) is 2.73. The molecule has 0 atom stereocenters. The third-order valence-corrected chi connectivity index (χ3v) is 4.20. The molecule has 2 aromatic rings. The van der Waals surface area contributed by atoms with Crippen LogP contribution in [-0.2, 0) is 6.42 Å². The van der Waals surface area contributed by atoms with E-state index in [2.05, 4.69) is 39.3 Å². The van der Waals surface area contributed by atoms with Crippen molar-refractivity contribution in [2.45, 2.75) is 26.7 Å². The highest BCUT2D eigenvalue weighted by Crippen LogP contribution is 2.37. The largest absolute Gasteiger partial charge is 0.319 e. The van der Waals surface area contributed by atoms with Gasteiger partial charge >= 0.3 is 0 Å². The normalized spacial score (nSPS) is 17.3. The van der Waals surface area contributed by atoms with Crippen molar-refractivity contribution in [2.75, 3.05) is 0 Å². The van der Waals surface area contributed by atoms with Gasteiger partial charge in [-0.15, -0.1) is 0 Å². The van der Waals surface area contributed by atoms with Gasteiger partial charge in [0, 0.05) is 36.3 Å². The van der Waals surface area contributed by atoms with E-state index in [1.165, 1.54) is 0 Å². The van der Waals surface area contributed by atoms with E-state index in [-0.39, 0.29) is 11.2 Å². The highest BCUT2D eigenvalue weighted by Gasteiger charge is 2.33. The number of hydrogen-bond acceptors (Lipinski definition) is 2. The molecule has 0 unspecified atom stereocenters. The number of carbonyl (C=O) groups excluding carboxylic acids is 1. The van der Waals surface area contributed by atoms with Crippen LogP contribution >= 0.6 is 15.9 Å². The summed E-state index contributed by atoms with van der Waals surface area (Å²) < 4.78 is 3.03. The quantitative estimate of drug-likeness (QED) is 0.801. The van der Waals surface area contributed by atoms with E-state index in [0.29, 0.717) is 6.42 Å². The Labute approximate surface area is 120 Å². The number of pyridine rings is 1. The van der Waals surface area contributed by atoms with Gasteiger partial charge in [0.2, 0.25) is 0 Å². The molecule has 0 fully saturated rings. The van der Waals surface area contributed by atoms with Crippen LogP contribution in [0.1, 0.15) is 36.3 Å². The molecule has 0 saturated carbocycles. The molecule has 0 spiro atoms. The van der Waals surface area contributed by atoms with Gasteiger partial charge in [0.25, 0.3) is 0 Å². The van der Waals surface area contributed by atoms with Crippen molar-refractivity contribution in [2.24, 2.45) is 5.41 Å². The van der Waals surface area contributed by atoms with Gasteiger partial charge in [-0.1, -0.05) is 13.8 Å². The second kappa shape index (κ2) is 4.30. The van der Waals surface area contributed by atoms with Crippen LogP contribution in [0.5, 0.6) is 0 Å². The van der Waals surface area contributed by atoms with Crippen molar-refractivity contribution in [3.05, 3.63) is 46.5 Å². The van der Waals surface area contributed by atoms with Crippen LogP contribution in [0.15, 0.2) is 35.2 Å². The zero-order chi connectivity index (χ0) is 13.6. The van der Waals surface area contributed by atoms with Gasteiger partial charge in [-0.3, -0.25) is 9.78 Å². The number of ketones is 1. The maximum absolute atomic E-state index is 12.2. The maximum Gasteiger partial charge on any atom is 0.165 e. The Morgan fingerprint density at radius 3 is 2.84 bits per heavy atom. The monoisotopic (exact) mass is 318 g/mol. The van der Waals surface area contributed by atoms with E-state index in [0.717, 1.165) is 27.8 Å². The first kappa shape index (κ1) is 12.6. The van der Waals surface area contributed by atoms with E-state index in [1.807, 2.05) is 18.3 Å². The number of carbonyl (C=O) groups is 1. The predicted octanol–water partition coefficient (Wildman–Crippen LogP) is 3.79. The molecule has 1 aliphatic rings. The van der Waals surface area contributed by atoms with Crippen molar-refractivity contribution in [3.63, 3.8) is 0 Å². The topological polar surface area (TPSA) is 34.9 Å². The van der Waals surface area contributed by atoms with E-state index in [1.54, 1.807) is 12.4 Å².